The Balaban J connectivity index is 1.58. The lowest BCUT2D eigenvalue weighted by Gasteiger charge is -2.37. The molecule has 0 saturated heterocycles. The molecule has 2 aromatic carbocycles. The number of hydrogen-bond acceptors (Lipinski definition) is 9. The minimum Gasteiger partial charge on any atom is -0.497 e. The average molecular weight is 571 g/mol. The third-order valence-corrected chi connectivity index (χ3v) is 7.56. The number of rotatable bonds is 10. The highest BCUT2D eigenvalue weighted by atomic mass is 32.2. The van der Waals surface area contributed by atoms with E-state index in [1.165, 1.54) is 11.8 Å². The van der Waals surface area contributed by atoms with Crippen LogP contribution in [-0.2, 0) is 20.9 Å². The number of carbonyl (C=O) groups excluding carboxylic acids is 2. The highest BCUT2D eigenvalue weighted by Crippen LogP contribution is 2.49. The van der Waals surface area contributed by atoms with E-state index in [0.717, 1.165) is 11.1 Å². The maximum atomic E-state index is 13.7. The molecule has 3 aromatic rings. The fourth-order valence-corrected chi connectivity index (χ4v) is 5.67. The van der Waals surface area contributed by atoms with Crippen molar-refractivity contribution >= 4 is 34.5 Å². The summed E-state index contributed by atoms with van der Waals surface area (Å²) in [5, 5.41) is 5.53. The zero-order valence-corrected chi connectivity index (χ0v) is 23.8. The summed E-state index contributed by atoms with van der Waals surface area (Å²) < 4.78 is 16.8. The number of thioether (sulfide) groups is 1. The van der Waals surface area contributed by atoms with Crippen LogP contribution in [0.25, 0.3) is 5.70 Å². The summed E-state index contributed by atoms with van der Waals surface area (Å²) in [6.07, 6.45) is 3.46. The van der Waals surface area contributed by atoms with E-state index in [9.17, 15) is 9.59 Å². The maximum absolute atomic E-state index is 13.7. The van der Waals surface area contributed by atoms with Crippen LogP contribution in [0.15, 0.2) is 94.7 Å². The predicted octanol–water partition coefficient (Wildman–Crippen LogP) is 5.08. The number of fused-ring (bicyclic) bond motifs is 1. The van der Waals surface area contributed by atoms with Crippen molar-refractivity contribution in [1.82, 2.24) is 15.2 Å². The number of aliphatic imine (C=N–C) groups is 1. The fourth-order valence-electron chi connectivity index (χ4n) is 4.76. The van der Waals surface area contributed by atoms with Gasteiger partial charge in [-0.05, 0) is 42.2 Å². The van der Waals surface area contributed by atoms with Crippen molar-refractivity contribution < 1.29 is 23.8 Å². The number of methoxy groups -OCH3 is 2. The van der Waals surface area contributed by atoms with E-state index in [2.05, 4.69) is 10.3 Å². The molecule has 0 fully saturated rings. The topological polar surface area (TPSA) is 102 Å². The summed E-state index contributed by atoms with van der Waals surface area (Å²) in [7, 11) is 3.16. The van der Waals surface area contributed by atoms with Gasteiger partial charge >= 0.3 is 5.97 Å². The van der Waals surface area contributed by atoms with Crippen LogP contribution < -0.4 is 14.8 Å². The quantitative estimate of drug-likeness (QED) is 0.337. The van der Waals surface area contributed by atoms with E-state index in [1.807, 2.05) is 64.9 Å². The molecule has 5 rings (SSSR count). The van der Waals surface area contributed by atoms with Crippen molar-refractivity contribution in [3.63, 3.8) is 0 Å². The molecule has 210 valence electrons. The van der Waals surface area contributed by atoms with Gasteiger partial charge in [0.05, 0.1) is 44.6 Å². The second-order valence-corrected chi connectivity index (χ2v) is 10.00. The molecule has 2 aliphatic rings. The molecule has 3 heterocycles. The van der Waals surface area contributed by atoms with Gasteiger partial charge < -0.3 is 24.4 Å². The van der Waals surface area contributed by atoms with E-state index in [1.54, 1.807) is 39.6 Å². The average Bonchev–Trinajstić information content (AvgIpc) is 3.41. The Hall–Kier alpha value is -4.57. The van der Waals surface area contributed by atoms with Gasteiger partial charge in [0.25, 0.3) is 0 Å². The summed E-state index contributed by atoms with van der Waals surface area (Å²) in [6, 6.07) is 18.1. The Morgan fingerprint density at radius 2 is 1.80 bits per heavy atom. The molecule has 41 heavy (non-hydrogen) atoms. The van der Waals surface area contributed by atoms with Crippen molar-refractivity contribution in [3.8, 4) is 11.5 Å². The van der Waals surface area contributed by atoms with Gasteiger partial charge in [0.1, 0.15) is 11.5 Å². The number of esters is 1. The molecule has 1 aromatic heterocycles. The molecular weight excluding hydrogens is 540 g/mol. The van der Waals surface area contributed by atoms with Crippen LogP contribution in [0.2, 0.25) is 0 Å². The first-order valence-electron chi connectivity index (χ1n) is 13.1. The van der Waals surface area contributed by atoms with Crippen LogP contribution in [0.3, 0.4) is 0 Å². The minimum atomic E-state index is -0.674. The van der Waals surface area contributed by atoms with Crippen molar-refractivity contribution in [2.24, 2.45) is 4.99 Å². The zero-order chi connectivity index (χ0) is 28.8. The molecule has 0 bridgehead atoms. The highest BCUT2D eigenvalue weighted by Gasteiger charge is 2.43. The summed E-state index contributed by atoms with van der Waals surface area (Å²) in [4.78, 5) is 37.7. The number of nitrogens with one attached hydrogen (secondary N) is 1. The molecule has 0 saturated carbocycles. The van der Waals surface area contributed by atoms with Gasteiger partial charge in [0, 0.05) is 41.8 Å². The summed E-state index contributed by atoms with van der Waals surface area (Å²) >= 11 is 1.41. The standard InChI is InChI=1S/C31H30N4O5S/c1-4-40-30(37)27-28(21-8-6-5-7-9-21)34-31-35(29(27)24-11-10-23(38-2)17-25(24)39-3)22(19-41-31)16-26(36)33-18-20-12-14-32-15-13-20/h5-15,17,19,29H,4,16,18H2,1-3H3,(H,33,36). The van der Waals surface area contributed by atoms with Crippen LogP contribution >= 0.6 is 11.8 Å². The largest absolute Gasteiger partial charge is 0.497 e. The van der Waals surface area contributed by atoms with Gasteiger partial charge in [-0.25, -0.2) is 9.79 Å². The molecular formula is C31H30N4O5S. The number of amidine groups is 1. The number of amides is 1. The first-order valence-corrected chi connectivity index (χ1v) is 14.0. The molecule has 1 atom stereocenters. The van der Waals surface area contributed by atoms with E-state index in [4.69, 9.17) is 19.2 Å². The van der Waals surface area contributed by atoms with Crippen LogP contribution in [0.4, 0.5) is 0 Å². The van der Waals surface area contributed by atoms with Gasteiger partial charge in [0.15, 0.2) is 5.17 Å². The lowest BCUT2D eigenvalue weighted by Crippen LogP contribution is -2.38. The highest BCUT2D eigenvalue weighted by molar-refractivity contribution is 8.16. The Kier molecular flexibility index (Phi) is 8.69. The number of nitrogens with zero attached hydrogens (tertiary/aromatic N) is 3. The lowest BCUT2D eigenvalue weighted by molar-refractivity contribution is -0.139. The first kappa shape index (κ1) is 28.0. The summed E-state index contributed by atoms with van der Waals surface area (Å²) in [5.74, 6) is 0.492. The molecule has 1 amide bonds. The molecule has 2 aliphatic heterocycles. The predicted molar refractivity (Wildman–Crippen MR) is 158 cm³/mol. The molecule has 9 nitrogen and oxygen atoms in total. The molecule has 10 heteroatoms. The molecule has 1 unspecified atom stereocenters. The van der Waals surface area contributed by atoms with Crippen LogP contribution in [0.1, 0.15) is 36.1 Å². The van der Waals surface area contributed by atoms with E-state index in [-0.39, 0.29) is 18.9 Å². The van der Waals surface area contributed by atoms with Crippen LogP contribution in [0.5, 0.6) is 11.5 Å². The number of carbonyl (C=O) groups is 2. The smallest absolute Gasteiger partial charge is 0.338 e. The zero-order valence-electron chi connectivity index (χ0n) is 23.0. The van der Waals surface area contributed by atoms with Crippen molar-refractivity contribution in [2.45, 2.75) is 25.9 Å². The Morgan fingerprint density at radius 1 is 1.02 bits per heavy atom. The Bertz CT molecular complexity index is 1520. The van der Waals surface area contributed by atoms with Crippen LogP contribution in [0, 0.1) is 0 Å². The summed E-state index contributed by atoms with van der Waals surface area (Å²) in [6.45, 7) is 2.35. The maximum Gasteiger partial charge on any atom is 0.338 e. The molecule has 0 aliphatic carbocycles. The van der Waals surface area contributed by atoms with E-state index in [0.29, 0.717) is 45.7 Å². The van der Waals surface area contributed by atoms with Crippen molar-refractivity contribution in [3.05, 3.63) is 106 Å². The van der Waals surface area contributed by atoms with Crippen molar-refractivity contribution in [1.29, 1.82) is 0 Å². The van der Waals surface area contributed by atoms with E-state index < -0.39 is 12.0 Å². The third-order valence-electron chi connectivity index (χ3n) is 6.67. The fraction of sp³-hybridized carbons (Fsp3) is 0.226. The second-order valence-electron chi connectivity index (χ2n) is 9.16. The molecule has 0 radical (unpaired) electrons. The molecule has 0 spiro atoms. The minimum absolute atomic E-state index is 0.0862. The van der Waals surface area contributed by atoms with Gasteiger partial charge in [-0.2, -0.15) is 0 Å². The van der Waals surface area contributed by atoms with Crippen LogP contribution in [-0.4, -0.2) is 47.8 Å². The summed E-state index contributed by atoms with van der Waals surface area (Å²) in [5.41, 5.74) is 4.02. The number of hydrogen-bond donors (Lipinski definition) is 1. The number of aromatic nitrogens is 1. The Labute approximate surface area is 242 Å². The third kappa shape index (κ3) is 5.97. The SMILES string of the molecule is CCOC(=O)C1=C(c2ccccc2)N=C2SC=C(CC(=O)NCc3ccncc3)N2C1c1ccc(OC)cc1OC. The lowest BCUT2D eigenvalue weighted by atomic mass is 9.90. The molecule has 1 N–H and O–H groups in total. The van der Waals surface area contributed by atoms with Gasteiger partial charge in [-0.3, -0.25) is 9.78 Å². The Morgan fingerprint density at radius 3 is 2.51 bits per heavy atom. The van der Waals surface area contributed by atoms with E-state index >= 15 is 0 Å². The monoisotopic (exact) mass is 570 g/mol. The van der Waals surface area contributed by atoms with Crippen molar-refractivity contribution in [2.75, 3.05) is 20.8 Å². The number of benzene rings is 2. The number of pyridine rings is 1. The number of ether oxygens (including phenoxy) is 3. The van der Waals surface area contributed by atoms with Gasteiger partial charge in [-0.1, -0.05) is 42.1 Å². The normalized spacial score (nSPS) is 16.0. The first-order chi connectivity index (χ1) is 20.0. The second kappa shape index (κ2) is 12.7. The van der Waals surface area contributed by atoms with Gasteiger partial charge in [0.2, 0.25) is 5.91 Å². The van der Waals surface area contributed by atoms with Gasteiger partial charge in [-0.15, -0.1) is 0 Å².